The van der Waals surface area contributed by atoms with Gasteiger partial charge in [0.15, 0.2) is 0 Å². The van der Waals surface area contributed by atoms with Crippen LogP contribution in [-0.4, -0.2) is 0 Å². The average molecular weight is 721 g/mol. The second-order valence-corrected chi connectivity index (χ2v) is 14.9. The SMILES string of the molecule is c1ccc(-c2cccc(N(c3ccccc3)c3cc4sc5ccc6ccccc6c5c4cc3N(c3ccccc3)c3cccc(-c4ccccc4)c3)c2)cc1. The third-order valence-electron chi connectivity index (χ3n) is 10.4. The molecule has 0 fully saturated rings. The van der Waals surface area contributed by atoms with Crippen LogP contribution >= 0.6 is 11.3 Å². The zero-order chi connectivity index (χ0) is 36.6. The molecule has 1 aromatic heterocycles. The maximum absolute atomic E-state index is 2.44. The lowest BCUT2D eigenvalue weighted by atomic mass is 10.0. The van der Waals surface area contributed by atoms with Gasteiger partial charge in [0.05, 0.1) is 11.4 Å². The number of para-hydroxylation sites is 2. The van der Waals surface area contributed by atoms with Crippen molar-refractivity contribution in [1.82, 2.24) is 0 Å². The van der Waals surface area contributed by atoms with Crippen LogP contribution in [0.2, 0.25) is 0 Å². The third-order valence-corrected chi connectivity index (χ3v) is 11.5. The number of nitrogens with zero attached hydrogens (tertiary/aromatic N) is 2. The van der Waals surface area contributed by atoms with Crippen molar-refractivity contribution in [2.24, 2.45) is 0 Å². The molecule has 0 bridgehead atoms. The summed E-state index contributed by atoms with van der Waals surface area (Å²) in [6.45, 7) is 0. The molecule has 0 saturated carbocycles. The molecule has 0 saturated heterocycles. The first-order valence-electron chi connectivity index (χ1n) is 18.7. The van der Waals surface area contributed by atoms with Gasteiger partial charge in [-0.15, -0.1) is 11.3 Å². The summed E-state index contributed by atoms with van der Waals surface area (Å²) in [5.74, 6) is 0. The molecule has 3 heteroatoms. The van der Waals surface area contributed by atoms with Crippen molar-refractivity contribution in [2.45, 2.75) is 0 Å². The predicted molar refractivity (Wildman–Crippen MR) is 237 cm³/mol. The van der Waals surface area contributed by atoms with Crippen molar-refractivity contribution in [3.63, 3.8) is 0 Å². The van der Waals surface area contributed by atoms with E-state index in [1.165, 1.54) is 53.2 Å². The van der Waals surface area contributed by atoms with Gasteiger partial charge >= 0.3 is 0 Å². The molecular formula is C52H36N2S. The molecule has 10 rings (SSSR count). The lowest BCUT2D eigenvalue weighted by molar-refractivity contribution is 1.23. The molecule has 260 valence electrons. The van der Waals surface area contributed by atoms with Crippen LogP contribution in [0, 0.1) is 0 Å². The van der Waals surface area contributed by atoms with Gasteiger partial charge in [-0.1, -0.05) is 152 Å². The Bertz CT molecular complexity index is 2920. The largest absolute Gasteiger partial charge is 0.308 e. The number of benzene rings is 9. The number of hydrogen-bond donors (Lipinski definition) is 0. The van der Waals surface area contributed by atoms with Gasteiger partial charge in [-0.05, 0) is 99.8 Å². The van der Waals surface area contributed by atoms with Gasteiger partial charge in [-0.25, -0.2) is 0 Å². The van der Waals surface area contributed by atoms with Gasteiger partial charge in [0, 0.05) is 42.9 Å². The Morgan fingerprint density at radius 3 is 1.31 bits per heavy atom. The Morgan fingerprint density at radius 1 is 0.291 bits per heavy atom. The molecule has 0 aliphatic carbocycles. The van der Waals surface area contributed by atoms with Crippen molar-refractivity contribution >= 4 is 76.4 Å². The lowest BCUT2D eigenvalue weighted by Crippen LogP contribution is -2.17. The van der Waals surface area contributed by atoms with E-state index in [9.17, 15) is 0 Å². The molecule has 2 nitrogen and oxygen atoms in total. The molecule has 0 aliphatic rings. The number of anilines is 6. The summed E-state index contributed by atoms with van der Waals surface area (Å²) in [5, 5.41) is 5.08. The van der Waals surface area contributed by atoms with Crippen molar-refractivity contribution in [2.75, 3.05) is 9.80 Å². The summed E-state index contributed by atoms with van der Waals surface area (Å²) in [7, 11) is 0. The zero-order valence-corrected chi connectivity index (χ0v) is 30.9. The molecule has 0 atom stereocenters. The summed E-state index contributed by atoms with van der Waals surface area (Å²) in [6, 6.07) is 78.9. The van der Waals surface area contributed by atoms with Gasteiger partial charge in [0.2, 0.25) is 0 Å². The van der Waals surface area contributed by atoms with Crippen LogP contribution in [0.15, 0.2) is 218 Å². The maximum atomic E-state index is 2.44. The third kappa shape index (κ3) is 6.11. The molecule has 1 heterocycles. The standard InChI is InChI=1S/C52H36N2S/c1-5-17-37(18-6-1)40-22-15-28-44(33-40)53(42-24-9-3-10-25-42)48-35-47-51(55-50-32-31-39-21-13-14-30-46(39)52(47)50)36-49(48)54(43-26-11-4-12-27-43)45-29-16-23-41(34-45)38-19-7-2-8-20-38/h1-36H. The molecule has 0 N–H and O–H groups in total. The molecule has 0 spiro atoms. The Kier molecular flexibility index (Phi) is 8.40. The van der Waals surface area contributed by atoms with Crippen molar-refractivity contribution in [1.29, 1.82) is 0 Å². The molecule has 9 aromatic carbocycles. The van der Waals surface area contributed by atoms with Gasteiger partial charge in [0.25, 0.3) is 0 Å². The molecule has 0 aliphatic heterocycles. The average Bonchev–Trinajstić information content (AvgIpc) is 3.63. The van der Waals surface area contributed by atoms with Crippen LogP contribution in [0.4, 0.5) is 34.1 Å². The van der Waals surface area contributed by atoms with Crippen molar-refractivity contribution < 1.29 is 0 Å². The van der Waals surface area contributed by atoms with Crippen LogP contribution in [0.25, 0.3) is 53.2 Å². The molecule has 0 unspecified atom stereocenters. The van der Waals surface area contributed by atoms with E-state index in [1.54, 1.807) is 0 Å². The van der Waals surface area contributed by atoms with E-state index in [1.807, 2.05) is 11.3 Å². The Balaban J connectivity index is 1.30. The quantitative estimate of drug-likeness (QED) is 0.154. The molecule has 10 aromatic rings. The summed E-state index contributed by atoms with van der Waals surface area (Å²) in [5.41, 5.74) is 11.2. The lowest BCUT2D eigenvalue weighted by Gasteiger charge is -2.33. The second-order valence-electron chi connectivity index (χ2n) is 13.8. The van der Waals surface area contributed by atoms with E-state index >= 15 is 0 Å². The van der Waals surface area contributed by atoms with Gasteiger partial charge < -0.3 is 9.80 Å². The van der Waals surface area contributed by atoms with Crippen LogP contribution in [-0.2, 0) is 0 Å². The minimum atomic E-state index is 1.09. The number of hydrogen-bond acceptors (Lipinski definition) is 3. The Labute approximate surface area is 325 Å². The summed E-state index contributed by atoms with van der Waals surface area (Å²) >= 11 is 1.87. The summed E-state index contributed by atoms with van der Waals surface area (Å²) in [6.07, 6.45) is 0. The minimum absolute atomic E-state index is 1.09. The summed E-state index contributed by atoms with van der Waals surface area (Å²) < 4.78 is 2.53. The first kappa shape index (κ1) is 32.7. The number of rotatable bonds is 8. The first-order chi connectivity index (χ1) is 27.3. The normalized spacial score (nSPS) is 11.3. The highest BCUT2D eigenvalue weighted by Gasteiger charge is 2.25. The van der Waals surface area contributed by atoms with Crippen LogP contribution < -0.4 is 9.80 Å². The maximum Gasteiger partial charge on any atom is 0.0716 e. The summed E-state index contributed by atoms with van der Waals surface area (Å²) in [4.78, 5) is 4.87. The minimum Gasteiger partial charge on any atom is -0.308 e. The Hall–Kier alpha value is -6.94. The van der Waals surface area contributed by atoms with Crippen LogP contribution in [0.3, 0.4) is 0 Å². The van der Waals surface area contributed by atoms with Gasteiger partial charge in [-0.3, -0.25) is 0 Å². The van der Waals surface area contributed by atoms with Crippen LogP contribution in [0.5, 0.6) is 0 Å². The van der Waals surface area contributed by atoms with Crippen molar-refractivity contribution in [3.05, 3.63) is 218 Å². The smallest absolute Gasteiger partial charge is 0.0716 e. The highest BCUT2D eigenvalue weighted by atomic mass is 32.1. The van der Waals surface area contributed by atoms with Crippen LogP contribution in [0.1, 0.15) is 0 Å². The van der Waals surface area contributed by atoms with E-state index in [0.29, 0.717) is 0 Å². The van der Waals surface area contributed by atoms with Crippen molar-refractivity contribution in [3.8, 4) is 22.3 Å². The highest BCUT2D eigenvalue weighted by Crippen LogP contribution is 2.51. The van der Waals surface area contributed by atoms with E-state index in [-0.39, 0.29) is 0 Å². The fraction of sp³-hybridized carbons (Fsp3) is 0. The monoisotopic (exact) mass is 720 g/mol. The Morgan fingerprint density at radius 2 is 0.745 bits per heavy atom. The molecule has 0 amide bonds. The topological polar surface area (TPSA) is 6.48 Å². The van der Waals surface area contributed by atoms with Gasteiger partial charge in [0.1, 0.15) is 0 Å². The highest BCUT2D eigenvalue weighted by molar-refractivity contribution is 7.26. The number of thiophene rings is 1. The van der Waals surface area contributed by atoms with E-state index in [4.69, 9.17) is 0 Å². The van der Waals surface area contributed by atoms with E-state index < -0.39 is 0 Å². The molecule has 55 heavy (non-hydrogen) atoms. The first-order valence-corrected chi connectivity index (χ1v) is 19.5. The zero-order valence-electron chi connectivity index (χ0n) is 30.1. The fourth-order valence-electron chi connectivity index (χ4n) is 7.85. The predicted octanol–water partition coefficient (Wildman–Crippen LogP) is 15.5. The van der Waals surface area contributed by atoms with E-state index in [2.05, 4.69) is 228 Å². The van der Waals surface area contributed by atoms with Gasteiger partial charge in [-0.2, -0.15) is 0 Å². The molecule has 0 radical (unpaired) electrons. The van der Waals surface area contributed by atoms with E-state index in [0.717, 1.165) is 34.1 Å². The number of fused-ring (bicyclic) bond motifs is 5. The fourth-order valence-corrected chi connectivity index (χ4v) is 8.98. The second kappa shape index (κ2) is 14.1. The molecular weight excluding hydrogens is 685 g/mol.